The highest BCUT2D eigenvalue weighted by Gasteiger charge is 2.14. The summed E-state index contributed by atoms with van der Waals surface area (Å²) in [4.78, 5) is 24.6. The lowest BCUT2D eigenvalue weighted by atomic mass is 10.1. The second-order valence-corrected chi connectivity index (χ2v) is 5.45. The Morgan fingerprint density at radius 3 is 2.57 bits per heavy atom. The van der Waals surface area contributed by atoms with Crippen molar-refractivity contribution in [3.8, 4) is 0 Å². The summed E-state index contributed by atoms with van der Waals surface area (Å²) in [5.74, 6) is -0.657. The van der Waals surface area contributed by atoms with Crippen molar-refractivity contribution in [2.45, 2.75) is 0 Å². The van der Waals surface area contributed by atoms with Crippen LogP contribution in [0.15, 0.2) is 60.0 Å². The fraction of sp³-hybridized carbons (Fsp3) is 0.0588. The third kappa shape index (κ3) is 2.85. The minimum absolute atomic E-state index is 0.182. The monoisotopic (exact) mass is 296 g/mol. The molecule has 104 valence electrons. The second kappa shape index (κ2) is 5.89. The van der Waals surface area contributed by atoms with Crippen LogP contribution in [-0.4, -0.2) is 18.4 Å². The molecule has 21 heavy (non-hydrogen) atoms. The number of carbonyl (C=O) groups is 2. The van der Waals surface area contributed by atoms with Crippen LogP contribution in [-0.2, 0) is 4.74 Å². The molecule has 0 aliphatic rings. The predicted octanol–water partition coefficient (Wildman–Crippen LogP) is 3.94. The van der Waals surface area contributed by atoms with E-state index in [0.29, 0.717) is 10.4 Å². The van der Waals surface area contributed by atoms with Crippen molar-refractivity contribution in [1.82, 2.24) is 0 Å². The van der Waals surface area contributed by atoms with Crippen LogP contribution in [0.3, 0.4) is 0 Å². The van der Waals surface area contributed by atoms with Crippen LogP contribution in [0.4, 0.5) is 0 Å². The molecule has 0 spiro atoms. The molecule has 1 heterocycles. The van der Waals surface area contributed by atoms with Gasteiger partial charge < -0.3 is 4.74 Å². The molecule has 0 radical (unpaired) electrons. The van der Waals surface area contributed by atoms with Crippen molar-refractivity contribution in [3.63, 3.8) is 0 Å². The quantitative estimate of drug-likeness (QED) is 0.541. The molecule has 0 unspecified atom stereocenters. The largest absolute Gasteiger partial charge is 0.454 e. The van der Waals surface area contributed by atoms with Crippen molar-refractivity contribution in [2.75, 3.05) is 6.61 Å². The minimum atomic E-state index is -0.475. The SMILES string of the molecule is O=C(COC(=O)c1cccc2ccccc12)c1cccs1. The Hall–Kier alpha value is -2.46. The highest BCUT2D eigenvalue weighted by Crippen LogP contribution is 2.19. The number of hydrogen-bond acceptors (Lipinski definition) is 4. The third-order valence-corrected chi connectivity index (χ3v) is 4.05. The van der Waals surface area contributed by atoms with Gasteiger partial charge in [-0.05, 0) is 28.3 Å². The number of Topliss-reactive ketones (excluding diaryl/α,β-unsaturated/α-hetero) is 1. The van der Waals surface area contributed by atoms with Gasteiger partial charge in [0.1, 0.15) is 0 Å². The van der Waals surface area contributed by atoms with Crippen LogP contribution in [0.5, 0.6) is 0 Å². The summed E-state index contributed by atoms with van der Waals surface area (Å²) in [6.07, 6.45) is 0. The van der Waals surface area contributed by atoms with Gasteiger partial charge in [-0.3, -0.25) is 4.79 Å². The van der Waals surface area contributed by atoms with E-state index in [1.54, 1.807) is 24.3 Å². The van der Waals surface area contributed by atoms with Gasteiger partial charge in [0.05, 0.1) is 10.4 Å². The second-order valence-electron chi connectivity index (χ2n) is 4.50. The Balaban J connectivity index is 1.77. The lowest BCUT2D eigenvalue weighted by molar-refractivity contribution is 0.0478. The van der Waals surface area contributed by atoms with Crippen molar-refractivity contribution in [1.29, 1.82) is 0 Å². The molecule has 0 fully saturated rings. The summed E-state index contributed by atoms with van der Waals surface area (Å²) in [7, 11) is 0. The number of fused-ring (bicyclic) bond motifs is 1. The minimum Gasteiger partial charge on any atom is -0.454 e. The molecular weight excluding hydrogens is 284 g/mol. The first kappa shape index (κ1) is 13.5. The molecule has 3 aromatic rings. The maximum Gasteiger partial charge on any atom is 0.339 e. The zero-order valence-electron chi connectivity index (χ0n) is 11.1. The highest BCUT2D eigenvalue weighted by molar-refractivity contribution is 7.12. The fourth-order valence-corrected chi connectivity index (χ4v) is 2.77. The molecule has 0 amide bonds. The molecule has 4 heteroatoms. The Morgan fingerprint density at radius 2 is 1.76 bits per heavy atom. The van der Waals surface area contributed by atoms with Gasteiger partial charge in [-0.25, -0.2) is 4.79 Å². The van der Waals surface area contributed by atoms with Gasteiger partial charge in [-0.15, -0.1) is 11.3 Å². The molecule has 0 saturated carbocycles. The Labute approximate surface area is 125 Å². The van der Waals surface area contributed by atoms with Gasteiger partial charge >= 0.3 is 5.97 Å². The molecule has 0 N–H and O–H groups in total. The molecule has 0 atom stereocenters. The van der Waals surface area contributed by atoms with Crippen LogP contribution in [0, 0.1) is 0 Å². The van der Waals surface area contributed by atoms with E-state index in [9.17, 15) is 9.59 Å². The average Bonchev–Trinajstić information content (AvgIpc) is 3.06. The van der Waals surface area contributed by atoms with Crippen molar-refractivity contribution in [3.05, 3.63) is 70.4 Å². The summed E-state index contributed by atoms with van der Waals surface area (Å²) < 4.78 is 5.14. The summed E-state index contributed by atoms with van der Waals surface area (Å²) in [5.41, 5.74) is 0.479. The first-order valence-corrected chi connectivity index (χ1v) is 7.35. The van der Waals surface area contributed by atoms with E-state index in [4.69, 9.17) is 4.74 Å². The van der Waals surface area contributed by atoms with E-state index < -0.39 is 5.97 Å². The molecule has 3 rings (SSSR count). The Kier molecular flexibility index (Phi) is 3.79. The molecule has 0 bridgehead atoms. The lowest BCUT2D eigenvalue weighted by Gasteiger charge is -2.06. The van der Waals surface area contributed by atoms with E-state index in [1.807, 2.05) is 35.7 Å². The van der Waals surface area contributed by atoms with Gasteiger partial charge in [0.15, 0.2) is 6.61 Å². The normalized spacial score (nSPS) is 10.5. The molecule has 1 aromatic heterocycles. The topological polar surface area (TPSA) is 43.4 Å². The average molecular weight is 296 g/mol. The van der Waals surface area contributed by atoms with Crippen LogP contribution in [0.25, 0.3) is 10.8 Å². The van der Waals surface area contributed by atoms with E-state index in [0.717, 1.165) is 10.8 Å². The summed E-state index contributed by atoms with van der Waals surface area (Å²) in [5, 5.41) is 3.62. The van der Waals surface area contributed by atoms with E-state index in [2.05, 4.69) is 0 Å². The number of carbonyl (C=O) groups excluding carboxylic acids is 2. The van der Waals surface area contributed by atoms with Crippen LogP contribution in [0.2, 0.25) is 0 Å². The molecular formula is C17H12O3S. The first-order chi connectivity index (χ1) is 10.3. The number of ether oxygens (including phenoxy) is 1. The lowest BCUT2D eigenvalue weighted by Crippen LogP contribution is -2.13. The predicted molar refractivity (Wildman–Crippen MR) is 82.9 cm³/mol. The third-order valence-electron chi connectivity index (χ3n) is 3.14. The molecule has 0 saturated heterocycles. The summed E-state index contributed by atoms with van der Waals surface area (Å²) >= 11 is 1.34. The molecule has 0 aliphatic carbocycles. The zero-order chi connectivity index (χ0) is 14.7. The fourth-order valence-electron chi connectivity index (χ4n) is 2.12. The highest BCUT2D eigenvalue weighted by atomic mass is 32.1. The van der Waals surface area contributed by atoms with E-state index >= 15 is 0 Å². The maximum atomic E-state index is 12.2. The number of benzene rings is 2. The van der Waals surface area contributed by atoms with Gasteiger partial charge in [0.2, 0.25) is 5.78 Å². The van der Waals surface area contributed by atoms with Crippen LogP contribution >= 0.6 is 11.3 Å². The van der Waals surface area contributed by atoms with Gasteiger partial charge in [0, 0.05) is 0 Å². The molecule has 3 nitrogen and oxygen atoms in total. The van der Waals surface area contributed by atoms with Crippen LogP contribution in [0.1, 0.15) is 20.0 Å². The maximum absolute atomic E-state index is 12.2. The number of esters is 1. The Morgan fingerprint density at radius 1 is 0.952 bits per heavy atom. The summed E-state index contributed by atoms with van der Waals surface area (Å²) in [6, 6.07) is 16.6. The van der Waals surface area contributed by atoms with Gasteiger partial charge in [-0.2, -0.15) is 0 Å². The first-order valence-electron chi connectivity index (χ1n) is 6.47. The van der Waals surface area contributed by atoms with E-state index in [-0.39, 0.29) is 12.4 Å². The Bertz CT molecular complexity index is 785. The summed E-state index contributed by atoms with van der Waals surface area (Å²) in [6.45, 7) is -0.234. The smallest absolute Gasteiger partial charge is 0.339 e. The standard InChI is InChI=1S/C17H12O3S/c18-15(16-9-4-10-21-16)11-20-17(19)14-8-3-6-12-5-1-2-7-13(12)14/h1-10H,11H2. The van der Waals surface area contributed by atoms with Gasteiger partial charge in [-0.1, -0.05) is 42.5 Å². The number of hydrogen-bond donors (Lipinski definition) is 0. The zero-order valence-corrected chi connectivity index (χ0v) is 11.9. The molecule has 0 aliphatic heterocycles. The number of rotatable bonds is 4. The number of thiophene rings is 1. The molecule has 2 aromatic carbocycles. The van der Waals surface area contributed by atoms with E-state index in [1.165, 1.54) is 11.3 Å². The number of ketones is 1. The van der Waals surface area contributed by atoms with Crippen molar-refractivity contribution >= 4 is 33.9 Å². The van der Waals surface area contributed by atoms with Crippen LogP contribution < -0.4 is 0 Å². The van der Waals surface area contributed by atoms with Crippen molar-refractivity contribution < 1.29 is 14.3 Å². The van der Waals surface area contributed by atoms with Gasteiger partial charge in [0.25, 0.3) is 0 Å². The van der Waals surface area contributed by atoms with Crippen molar-refractivity contribution in [2.24, 2.45) is 0 Å².